The molecule has 2 aliphatic rings. The molecule has 1 aliphatic heterocycles. The number of rotatable bonds is 7. The summed E-state index contributed by atoms with van der Waals surface area (Å²) < 4.78 is 2.16. The maximum Gasteiger partial charge on any atom is 0.256 e. The fraction of sp³-hybridized carbons (Fsp3) is 0.310. The number of carbonyl (C=O) groups excluding carboxylic acids is 1. The highest BCUT2D eigenvalue weighted by atomic mass is 16.3. The van der Waals surface area contributed by atoms with E-state index < -0.39 is 6.23 Å². The number of imidazole rings is 1. The Morgan fingerprint density at radius 1 is 1.08 bits per heavy atom. The first kappa shape index (κ1) is 23.5. The molecule has 1 saturated carbocycles. The molecule has 8 heteroatoms. The second-order valence-electron chi connectivity index (χ2n) is 9.77. The summed E-state index contributed by atoms with van der Waals surface area (Å²) in [5.74, 6) is 1.65. The van der Waals surface area contributed by atoms with Crippen molar-refractivity contribution in [3.05, 3.63) is 90.8 Å². The molecule has 1 aliphatic carbocycles. The molecule has 1 unspecified atom stereocenters. The van der Waals surface area contributed by atoms with E-state index in [2.05, 4.69) is 26.2 Å². The third kappa shape index (κ3) is 4.54. The number of likely N-dealkylation sites (tertiary alicyclic amines) is 1. The summed E-state index contributed by atoms with van der Waals surface area (Å²) in [5.41, 5.74) is 4.43. The number of aromatic nitrogens is 4. The number of hydrogen-bond acceptors (Lipinski definition) is 6. The quantitative estimate of drug-likeness (QED) is 0.353. The summed E-state index contributed by atoms with van der Waals surface area (Å²) >= 11 is 0. The van der Waals surface area contributed by atoms with E-state index in [-0.39, 0.29) is 11.9 Å². The highest BCUT2D eigenvalue weighted by Crippen LogP contribution is 2.44. The lowest BCUT2D eigenvalue weighted by atomic mass is 10.0. The van der Waals surface area contributed by atoms with Crippen molar-refractivity contribution in [2.24, 2.45) is 0 Å². The van der Waals surface area contributed by atoms with Gasteiger partial charge in [-0.3, -0.25) is 19.1 Å². The summed E-state index contributed by atoms with van der Waals surface area (Å²) in [7, 11) is 0. The fourth-order valence-electron chi connectivity index (χ4n) is 5.27. The molecule has 1 aromatic carbocycles. The minimum absolute atomic E-state index is 0.0270. The molecule has 0 bridgehead atoms. The fourth-order valence-corrected chi connectivity index (χ4v) is 5.27. The Morgan fingerprint density at radius 3 is 2.65 bits per heavy atom. The van der Waals surface area contributed by atoms with E-state index in [0.29, 0.717) is 17.3 Å². The monoisotopic (exact) mass is 494 g/mol. The number of piperidine rings is 1. The van der Waals surface area contributed by atoms with E-state index in [4.69, 9.17) is 9.97 Å². The van der Waals surface area contributed by atoms with Crippen molar-refractivity contribution in [2.75, 3.05) is 11.9 Å². The highest BCUT2D eigenvalue weighted by Gasteiger charge is 2.34. The zero-order valence-corrected chi connectivity index (χ0v) is 20.6. The number of pyridine rings is 1. The van der Waals surface area contributed by atoms with Crippen LogP contribution < -0.4 is 5.32 Å². The number of amides is 1. The van der Waals surface area contributed by atoms with Gasteiger partial charge >= 0.3 is 0 Å². The first-order chi connectivity index (χ1) is 18.1. The lowest BCUT2D eigenvalue weighted by Gasteiger charge is -2.37. The van der Waals surface area contributed by atoms with Gasteiger partial charge in [-0.25, -0.2) is 9.97 Å². The molecule has 0 radical (unpaired) electrons. The maximum absolute atomic E-state index is 12.7. The smallest absolute Gasteiger partial charge is 0.256 e. The van der Waals surface area contributed by atoms with Crippen LogP contribution in [-0.4, -0.2) is 48.0 Å². The van der Waals surface area contributed by atoms with Crippen molar-refractivity contribution in [3.63, 3.8) is 0 Å². The average molecular weight is 495 g/mol. The molecule has 4 heterocycles. The highest BCUT2D eigenvalue weighted by molar-refractivity contribution is 6.04. The van der Waals surface area contributed by atoms with Crippen LogP contribution in [0.15, 0.2) is 73.7 Å². The van der Waals surface area contributed by atoms with Crippen LogP contribution in [0.25, 0.3) is 16.8 Å². The first-order valence-corrected chi connectivity index (χ1v) is 12.9. The van der Waals surface area contributed by atoms with Gasteiger partial charge in [0.15, 0.2) is 0 Å². The van der Waals surface area contributed by atoms with Gasteiger partial charge < -0.3 is 10.4 Å². The number of benzene rings is 1. The zero-order chi connectivity index (χ0) is 25.4. The predicted molar refractivity (Wildman–Crippen MR) is 142 cm³/mol. The van der Waals surface area contributed by atoms with Gasteiger partial charge in [-0.2, -0.15) is 0 Å². The molecule has 188 valence electrons. The van der Waals surface area contributed by atoms with E-state index in [1.165, 1.54) is 0 Å². The van der Waals surface area contributed by atoms with Gasteiger partial charge in [-0.05, 0) is 56.0 Å². The topological polar surface area (TPSA) is 95.6 Å². The van der Waals surface area contributed by atoms with Crippen molar-refractivity contribution in [2.45, 2.75) is 50.3 Å². The van der Waals surface area contributed by atoms with Crippen LogP contribution in [0.4, 0.5) is 5.82 Å². The van der Waals surface area contributed by atoms with E-state index in [0.717, 1.165) is 66.9 Å². The molecule has 2 N–H and O–H groups in total. The van der Waals surface area contributed by atoms with E-state index in [1.807, 2.05) is 48.8 Å². The first-order valence-electron chi connectivity index (χ1n) is 12.9. The number of nitrogens with zero attached hydrogens (tertiary/aromatic N) is 5. The van der Waals surface area contributed by atoms with Gasteiger partial charge in [-0.1, -0.05) is 31.2 Å². The molecule has 37 heavy (non-hydrogen) atoms. The lowest BCUT2D eigenvalue weighted by molar-refractivity contribution is -0.0128. The second kappa shape index (κ2) is 9.88. The number of anilines is 1. The normalized spacial score (nSPS) is 19.0. The third-order valence-electron chi connectivity index (χ3n) is 7.29. The summed E-state index contributed by atoms with van der Waals surface area (Å²) in [5, 5.41) is 13.5. The van der Waals surface area contributed by atoms with Crippen LogP contribution in [0.1, 0.15) is 65.9 Å². The van der Waals surface area contributed by atoms with Crippen molar-refractivity contribution < 1.29 is 9.90 Å². The van der Waals surface area contributed by atoms with Crippen LogP contribution in [0.3, 0.4) is 0 Å². The molecule has 0 spiro atoms. The molecule has 3 aromatic heterocycles. The molecular formula is C29H30N6O2. The summed E-state index contributed by atoms with van der Waals surface area (Å²) in [6, 6.07) is 12.9. The number of hydrogen-bond donors (Lipinski definition) is 2. The van der Waals surface area contributed by atoms with Crippen LogP contribution in [0.5, 0.6) is 0 Å². The van der Waals surface area contributed by atoms with E-state index >= 15 is 0 Å². The van der Waals surface area contributed by atoms with Crippen molar-refractivity contribution >= 4 is 17.2 Å². The Kier molecular flexibility index (Phi) is 6.28. The predicted octanol–water partition coefficient (Wildman–Crippen LogP) is 4.95. The van der Waals surface area contributed by atoms with Crippen molar-refractivity contribution in [1.82, 2.24) is 24.3 Å². The Hall–Kier alpha value is -3.88. The van der Waals surface area contributed by atoms with Crippen LogP contribution >= 0.6 is 0 Å². The number of carbonyl (C=O) groups is 1. The number of aliphatic hydroxyl groups excluding tert-OH is 1. The summed E-state index contributed by atoms with van der Waals surface area (Å²) in [4.78, 5) is 28.9. The SMILES string of the molecule is C=CC(O)N1CCCC[C@H]1c1nc(-c2ccc(C(=O)Nc3ccccn3)cc2)c2c(C3CC3)nccn12. The Balaban J connectivity index is 1.40. The minimum Gasteiger partial charge on any atom is -0.375 e. The molecule has 1 saturated heterocycles. The van der Waals surface area contributed by atoms with Crippen LogP contribution in [0, 0.1) is 0 Å². The van der Waals surface area contributed by atoms with Crippen molar-refractivity contribution in [3.8, 4) is 11.3 Å². The van der Waals surface area contributed by atoms with E-state index in [9.17, 15) is 9.90 Å². The van der Waals surface area contributed by atoms with Gasteiger partial charge in [0.25, 0.3) is 5.91 Å². The number of nitrogens with one attached hydrogen (secondary N) is 1. The Morgan fingerprint density at radius 2 is 1.92 bits per heavy atom. The largest absolute Gasteiger partial charge is 0.375 e. The van der Waals surface area contributed by atoms with Gasteiger partial charge in [0, 0.05) is 42.2 Å². The van der Waals surface area contributed by atoms with Crippen LogP contribution in [-0.2, 0) is 0 Å². The maximum atomic E-state index is 12.7. The Labute approximate surface area is 215 Å². The Bertz CT molecular complexity index is 1430. The van der Waals surface area contributed by atoms with Gasteiger partial charge in [0.1, 0.15) is 17.9 Å². The molecule has 1 amide bonds. The standard InChI is InChI=1S/C29H30N6O2/c1-2-24(36)34-17-6-4-7-22(34)28-33-26(27-25(19-9-10-19)31-16-18-35(27)28)20-11-13-21(14-12-20)29(37)32-23-8-3-5-15-30-23/h2-3,5,8,11-16,18-19,22,24,36H,1,4,6-7,9-10,17H2,(H,30,32,37)/t22-,24?/m0/s1. The molecule has 2 fully saturated rings. The van der Waals surface area contributed by atoms with E-state index in [1.54, 1.807) is 18.3 Å². The molecule has 2 atom stereocenters. The minimum atomic E-state index is -0.720. The molecule has 6 rings (SSSR count). The van der Waals surface area contributed by atoms with Gasteiger partial charge in [-0.15, -0.1) is 0 Å². The summed E-state index contributed by atoms with van der Waals surface area (Å²) in [6.07, 6.45) is 11.6. The molecule has 4 aromatic rings. The number of aliphatic hydroxyl groups is 1. The van der Waals surface area contributed by atoms with Gasteiger partial charge in [0.2, 0.25) is 0 Å². The lowest BCUT2D eigenvalue weighted by Crippen LogP contribution is -2.41. The summed E-state index contributed by atoms with van der Waals surface area (Å²) in [6.45, 7) is 4.60. The second-order valence-corrected chi connectivity index (χ2v) is 9.77. The van der Waals surface area contributed by atoms with Crippen LogP contribution in [0.2, 0.25) is 0 Å². The number of fused-ring (bicyclic) bond motifs is 1. The van der Waals surface area contributed by atoms with Gasteiger partial charge in [0.05, 0.1) is 22.9 Å². The zero-order valence-electron chi connectivity index (χ0n) is 20.6. The average Bonchev–Trinajstić information content (AvgIpc) is 3.73. The molecular weight excluding hydrogens is 464 g/mol. The third-order valence-corrected chi connectivity index (χ3v) is 7.29. The van der Waals surface area contributed by atoms with Crippen molar-refractivity contribution in [1.29, 1.82) is 0 Å². The molecule has 8 nitrogen and oxygen atoms in total.